The van der Waals surface area contributed by atoms with Gasteiger partial charge in [0, 0.05) is 6.20 Å². The van der Waals surface area contributed by atoms with Crippen molar-refractivity contribution in [2.75, 3.05) is 6.61 Å². The van der Waals surface area contributed by atoms with Gasteiger partial charge in [0.25, 0.3) is 0 Å². The molecule has 76 valence electrons. The van der Waals surface area contributed by atoms with Crippen LogP contribution >= 0.6 is 0 Å². The molecule has 0 unspecified atom stereocenters. The van der Waals surface area contributed by atoms with Gasteiger partial charge in [0.1, 0.15) is 12.3 Å². The van der Waals surface area contributed by atoms with Crippen LogP contribution in [0.5, 0.6) is 0 Å². The van der Waals surface area contributed by atoms with E-state index in [-0.39, 0.29) is 11.2 Å². The van der Waals surface area contributed by atoms with E-state index in [4.69, 9.17) is 5.11 Å². The van der Waals surface area contributed by atoms with Gasteiger partial charge in [-0.15, -0.1) is 0 Å². The predicted octanol–water partition coefficient (Wildman–Crippen LogP) is 1.55. The Morgan fingerprint density at radius 1 is 1.50 bits per heavy atom. The second-order valence-corrected chi connectivity index (χ2v) is 4.26. The van der Waals surface area contributed by atoms with Gasteiger partial charge in [-0.3, -0.25) is 9.78 Å². The van der Waals surface area contributed by atoms with Crippen LogP contribution in [0.2, 0.25) is 0 Å². The Morgan fingerprint density at radius 3 is 2.64 bits per heavy atom. The first kappa shape index (κ1) is 10.9. The van der Waals surface area contributed by atoms with Crippen LogP contribution in [0.1, 0.15) is 36.8 Å². The molecule has 0 bridgehead atoms. The highest BCUT2D eigenvalue weighted by Crippen LogP contribution is 2.21. The highest BCUT2D eigenvalue weighted by molar-refractivity contribution is 5.95. The van der Waals surface area contributed by atoms with Crippen LogP contribution < -0.4 is 0 Å². The van der Waals surface area contributed by atoms with E-state index < -0.39 is 6.61 Å². The maximum atomic E-state index is 11.2. The van der Waals surface area contributed by atoms with Gasteiger partial charge in [-0.25, -0.2) is 0 Å². The number of aliphatic hydroxyl groups excluding tert-OH is 1. The summed E-state index contributed by atoms with van der Waals surface area (Å²) in [6, 6.07) is 3.62. The Labute approximate surface area is 83.8 Å². The quantitative estimate of drug-likeness (QED) is 0.725. The van der Waals surface area contributed by atoms with Crippen LogP contribution in [0.4, 0.5) is 0 Å². The first-order valence-corrected chi connectivity index (χ1v) is 4.56. The molecule has 1 aromatic rings. The maximum Gasteiger partial charge on any atom is 0.206 e. The van der Waals surface area contributed by atoms with Gasteiger partial charge in [-0.1, -0.05) is 20.8 Å². The fraction of sp³-hybridized carbons (Fsp3) is 0.455. The molecule has 0 saturated heterocycles. The fourth-order valence-corrected chi connectivity index (χ4v) is 1.13. The van der Waals surface area contributed by atoms with Crippen LogP contribution in [0.15, 0.2) is 18.3 Å². The third-order valence-electron chi connectivity index (χ3n) is 2.06. The number of carbonyl (C=O) groups excluding carboxylic acids is 1. The average molecular weight is 193 g/mol. The van der Waals surface area contributed by atoms with Gasteiger partial charge in [0.05, 0.1) is 0 Å². The van der Waals surface area contributed by atoms with Gasteiger partial charge in [-0.05, 0) is 23.1 Å². The molecule has 14 heavy (non-hydrogen) atoms. The van der Waals surface area contributed by atoms with E-state index in [2.05, 4.69) is 25.8 Å². The molecule has 0 amide bonds. The van der Waals surface area contributed by atoms with E-state index in [1.807, 2.05) is 6.07 Å². The van der Waals surface area contributed by atoms with Crippen LogP contribution in [0.25, 0.3) is 0 Å². The minimum atomic E-state index is -0.486. The third kappa shape index (κ3) is 2.39. The summed E-state index contributed by atoms with van der Waals surface area (Å²) in [4.78, 5) is 15.1. The van der Waals surface area contributed by atoms with Crippen molar-refractivity contribution < 1.29 is 9.90 Å². The zero-order chi connectivity index (χ0) is 10.8. The fourth-order valence-electron chi connectivity index (χ4n) is 1.13. The van der Waals surface area contributed by atoms with Crippen molar-refractivity contribution in [1.82, 2.24) is 4.98 Å². The number of rotatable bonds is 2. The van der Waals surface area contributed by atoms with Crippen LogP contribution in [-0.4, -0.2) is 22.5 Å². The van der Waals surface area contributed by atoms with E-state index in [0.717, 1.165) is 5.56 Å². The van der Waals surface area contributed by atoms with Crippen molar-refractivity contribution in [3.05, 3.63) is 29.6 Å². The van der Waals surface area contributed by atoms with Gasteiger partial charge in [0.15, 0.2) is 0 Å². The Hall–Kier alpha value is -1.22. The molecule has 1 N–H and O–H groups in total. The lowest BCUT2D eigenvalue weighted by atomic mass is 9.87. The first-order valence-electron chi connectivity index (χ1n) is 4.56. The van der Waals surface area contributed by atoms with E-state index in [0.29, 0.717) is 5.69 Å². The van der Waals surface area contributed by atoms with E-state index in [1.54, 1.807) is 12.3 Å². The van der Waals surface area contributed by atoms with Crippen molar-refractivity contribution in [3.8, 4) is 0 Å². The molecular formula is C11H15NO2. The Bertz CT molecular complexity index is 339. The molecule has 0 saturated carbocycles. The zero-order valence-corrected chi connectivity index (χ0v) is 8.74. The van der Waals surface area contributed by atoms with Crippen molar-refractivity contribution in [3.63, 3.8) is 0 Å². The minimum absolute atomic E-state index is 0.00652. The van der Waals surface area contributed by atoms with Crippen molar-refractivity contribution >= 4 is 5.78 Å². The molecule has 1 heterocycles. The monoisotopic (exact) mass is 193 g/mol. The average Bonchev–Trinajstić information content (AvgIpc) is 2.15. The van der Waals surface area contributed by atoms with E-state index >= 15 is 0 Å². The van der Waals surface area contributed by atoms with Crippen LogP contribution in [0, 0.1) is 0 Å². The molecule has 0 radical (unpaired) electrons. The topological polar surface area (TPSA) is 50.2 Å². The van der Waals surface area contributed by atoms with Gasteiger partial charge in [0.2, 0.25) is 5.78 Å². The van der Waals surface area contributed by atoms with E-state index in [1.165, 1.54) is 0 Å². The van der Waals surface area contributed by atoms with E-state index in [9.17, 15) is 4.79 Å². The standard InChI is InChI=1S/C11H15NO2/c1-11(2,3)8-4-5-12-9(6-8)10(14)7-13/h4-6,13H,7H2,1-3H3. The normalized spacial score (nSPS) is 11.4. The lowest BCUT2D eigenvalue weighted by molar-refractivity contribution is 0.0898. The predicted molar refractivity (Wildman–Crippen MR) is 54.4 cm³/mol. The second-order valence-electron chi connectivity index (χ2n) is 4.26. The smallest absolute Gasteiger partial charge is 0.206 e. The molecule has 3 nitrogen and oxygen atoms in total. The molecule has 0 aromatic carbocycles. The zero-order valence-electron chi connectivity index (χ0n) is 8.74. The van der Waals surface area contributed by atoms with Crippen molar-refractivity contribution in [1.29, 1.82) is 0 Å². The number of hydrogen-bond donors (Lipinski definition) is 1. The largest absolute Gasteiger partial charge is 0.388 e. The molecule has 0 spiro atoms. The molecule has 3 heteroatoms. The highest BCUT2D eigenvalue weighted by Gasteiger charge is 2.15. The van der Waals surface area contributed by atoms with Crippen LogP contribution in [0.3, 0.4) is 0 Å². The van der Waals surface area contributed by atoms with Crippen molar-refractivity contribution in [2.24, 2.45) is 0 Å². The summed E-state index contributed by atoms with van der Waals surface area (Å²) in [5, 5.41) is 8.69. The number of nitrogens with zero attached hydrogens (tertiary/aromatic N) is 1. The van der Waals surface area contributed by atoms with Gasteiger partial charge >= 0.3 is 0 Å². The highest BCUT2D eigenvalue weighted by atomic mass is 16.3. The number of aliphatic hydroxyl groups is 1. The molecule has 0 aliphatic rings. The lowest BCUT2D eigenvalue weighted by Gasteiger charge is -2.18. The molecule has 1 rings (SSSR count). The summed E-state index contributed by atoms with van der Waals surface area (Å²) >= 11 is 0. The third-order valence-corrected chi connectivity index (χ3v) is 2.06. The van der Waals surface area contributed by atoms with Gasteiger partial charge < -0.3 is 5.11 Å². The summed E-state index contributed by atoms with van der Waals surface area (Å²) in [7, 11) is 0. The summed E-state index contributed by atoms with van der Waals surface area (Å²) in [5.41, 5.74) is 1.37. The molecule has 1 aromatic heterocycles. The minimum Gasteiger partial charge on any atom is -0.388 e. The summed E-state index contributed by atoms with van der Waals surface area (Å²) in [6.07, 6.45) is 1.60. The van der Waals surface area contributed by atoms with Crippen molar-refractivity contribution in [2.45, 2.75) is 26.2 Å². The first-order chi connectivity index (χ1) is 6.45. The molecule has 0 atom stereocenters. The second kappa shape index (κ2) is 3.88. The Balaban J connectivity index is 3.08. The number of pyridine rings is 1. The number of aromatic nitrogens is 1. The molecular weight excluding hydrogens is 178 g/mol. The number of Topliss-reactive ketones (excluding diaryl/α,β-unsaturated/α-hetero) is 1. The van der Waals surface area contributed by atoms with Gasteiger partial charge in [-0.2, -0.15) is 0 Å². The number of carbonyl (C=O) groups is 1. The maximum absolute atomic E-state index is 11.2. The molecule has 0 aliphatic heterocycles. The number of hydrogen-bond acceptors (Lipinski definition) is 3. The summed E-state index contributed by atoms with van der Waals surface area (Å²) < 4.78 is 0. The SMILES string of the molecule is CC(C)(C)c1ccnc(C(=O)CO)c1. The summed E-state index contributed by atoms with van der Waals surface area (Å²) in [6.45, 7) is 5.71. The molecule has 0 aliphatic carbocycles. The molecule has 0 fully saturated rings. The Morgan fingerprint density at radius 2 is 2.14 bits per heavy atom. The number of ketones is 1. The Kier molecular flexibility index (Phi) is 3.01. The lowest BCUT2D eigenvalue weighted by Crippen LogP contribution is -2.14. The van der Waals surface area contributed by atoms with Crippen LogP contribution in [-0.2, 0) is 5.41 Å². The summed E-state index contributed by atoms with van der Waals surface area (Å²) in [5.74, 6) is -0.337.